The van der Waals surface area contributed by atoms with Crippen molar-refractivity contribution in [3.05, 3.63) is 40.6 Å². The molecule has 0 saturated carbocycles. The predicted octanol–water partition coefficient (Wildman–Crippen LogP) is 3.99. The number of benzene rings is 1. The van der Waals surface area contributed by atoms with E-state index in [9.17, 15) is 0 Å². The molecule has 0 unspecified atom stereocenters. The second kappa shape index (κ2) is 7.44. The number of piperidine rings is 1. The van der Waals surface area contributed by atoms with Gasteiger partial charge in [0, 0.05) is 16.9 Å². The molecule has 2 aromatic rings. The van der Waals surface area contributed by atoms with Gasteiger partial charge in [-0.1, -0.05) is 12.1 Å². The fraction of sp³-hybridized carbons (Fsp3) is 0.524. The van der Waals surface area contributed by atoms with Crippen LogP contribution in [0.5, 0.6) is 5.75 Å². The quantitative estimate of drug-likeness (QED) is 0.791. The third-order valence-electron chi connectivity index (χ3n) is 5.85. The summed E-state index contributed by atoms with van der Waals surface area (Å²) in [5, 5.41) is 7.86. The first-order valence-electron chi connectivity index (χ1n) is 10.3. The summed E-state index contributed by atoms with van der Waals surface area (Å²) in [6, 6.07) is 7.19. The van der Waals surface area contributed by atoms with Gasteiger partial charge in [0.1, 0.15) is 12.1 Å². The van der Waals surface area contributed by atoms with Crippen LogP contribution in [0.3, 0.4) is 0 Å². The standard InChI is InChI=1S/C21H27N5OS/c1-14(2)26-21(23-13-24-26)25-12-18-17-4-3-16(15-5-8-22-9-6-15)11-19(17)27-10-7-20(18)28-25/h3-4,11,13-15,22H,5-10,12H2,1-2H3. The Morgan fingerprint density at radius 1 is 1.25 bits per heavy atom. The van der Waals surface area contributed by atoms with E-state index in [-0.39, 0.29) is 0 Å². The van der Waals surface area contributed by atoms with E-state index in [2.05, 4.69) is 51.8 Å². The minimum atomic E-state index is 0.293. The van der Waals surface area contributed by atoms with Crippen molar-refractivity contribution in [1.29, 1.82) is 0 Å². The zero-order valence-electron chi connectivity index (χ0n) is 16.5. The Morgan fingerprint density at radius 2 is 2.11 bits per heavy atom. The molecule has 0 bridgehead atoms. The average Bonchev–Trinajstić information content (AvgIpc) is 3.33. The molecule has 1 saturated heterocycles. The maximum absolute atomic E-state index is 6.18. The van der Waals surface area contributed by atoms with E-state index in [0.717, 1.165) is 44.4 Å². The molecular formula is C21H27N5OS. The molecule has 3 aliphatic heterocycles. The number of fused-ring (bicyclic) bond motifs is 2. The van der Waals surface area contributed by atoms with Crippen LogP contribution in [0.15, 0.2) is 29.4 Å². The fourth-order valence-electron chi connectivity index (χ4n) is 4.35. The van der Waals surface area contributed by atoms with Crippen LogP contribution < -0.4 is 14.4 Å². The van der Waals surface area contributed by atoms with Gasteiger partial charge < -0.3 is 10.1 Å². The van der Waals surface area contributed by atoms with Crippen molar-refractivity contribution in [3.8, 4) is 5.75 Å². The molecule has 4 heterocycles. The highest BCUT2D eigenvalue weighted by Gasteiger charge is 2.31. The summed E-state index contributed by atoms with van der Waals surface area (Å²) < 4.78 is 10.5. The van der Waals surface area contributed by atoms with Crippen molar-refractivity contribution in [3.63, 3.8) is 0 Å². The van der Waals surface area contributed by atoms with Crippen LogP contribution in [0.1, 0.15) is 56.2 Å². The van der Waals surface area contributed by atoms with Crippen LogP contribution in [-0.2, 0) is 0 Å². The average molecular weight is 398 g/mol. The number of anilines is 1. The Kier molecular flexibility index (Phi) is 4.80. The maximum atomic E-state index is 6.18. The number of ether oxygens (including phenoxy) is 1. The lowest BCUT2D eigenvalue weighted by molar-refractivity contribution is 0.325. The Morgan fingerprint density at radius 3 is 2.93 bits per heavy atom. The Balaban J connectivity index is 1.43. The van der Waals surface area contributed by atoms with Crippen LogP contribution in [0.2, 0.25) is 0 Å². The smallest absolute Gasteiger partial charge is 0.234 e. The Bertz CT molecular complexity index is 900. The molecular weight excluding hydrogens is 370 g/mol. The van der Waals surface area contributed by atoms with Gasteiger partial charge >= 0.3 is 0 Å². The van der Waals surface area contributed by atoms with Crippen molar-refractivity contribution < 1.29 is 4.74 Å². The van der Waals surface area contributed by atoms with Crippen LogP contribution in [0.4, 0.5) is 5.95 Å². The summed E-state index contributed by atoms with van der Waals surface area (Å²) in [4.78, 5) is 5.92. The molecule has 1 fully saturated rings. The number of hydrogen-bond acceptors (Lipinski definition) is 6. The third-order valence-corrected chi connectivity index (χ3v) is 7.04. The zero-order chi connectivity index (χ0) is 19.1. The minimum Gasteiger partial charge on any atom is -0.493 e. The molecule has 3 aliphatic rings. The van der Waals surface area contributed by atoms with E-state index in [4.69, 9.17) is 4.74 Å². The van der Waals surface area contributed by atoms with Gasteiger partial charge in [0.15, 0.2) is 0 Å². The highest BCUT2D eigenvalue weighted by molar-refractivity contribution is 8.04. The lowest BCUT2D eigenvalue weighted by Gasteiger charge is -2.24. The second-order valence-electron chi connectivity index (χ2n) is 8.01. The van der Waals surface area contributed by atoms with E-state index in [0.29, 0.717) is 12.0 Å². The van der Waals surface area contributed by atoms with Gasteiger partial charge in [-0.3, -0.25) is 4.31 Å². The summed E-state index contributed by atoms with van der Waals surface area (Å²) in [5.74, 6) is 2.63. The van der Waals surface area contributed by atoms with Gasteiger partial charge in [0.2, 0.25) is 5.95 Å². The first kappa shape index (κ1) is 18.1. The lowest BCUT2D eigenvalue weighted by Crippen LogP contribution is -2.26. The molecule has 6 nitrogen and oxygen atoms in total. The minimum absolute atomic E-state index is 0.293. The molecule has 0 atom stereocenters. The topological polar surface area (TPSA) is 55.2 Å². The van der Waals surface area contributed by atoms with E-state index in [1.165, 1.54) is 34.4 Å². The van der Waals surface area contributed by atoms with E-state index in [1.54, 1.807) is 18.3 Å². The van der Waals surface area contributed by atoms with Gasteiger partial charge in [-0.25, -0.2) is 4.68 Å². The molecule has 148 valence electrons. The molecule has 0 radical (unpaired) electrons. The van der Waals surface area contributed by atoms with E-state index < -0.39 is 0 Å². The van der Waals surface area contributed by atoms with Gasteiger partial charge in [-0.2, -0.15) is 10.1 Å². The summed E-state index contributed by atoms with van der Waals surface area (Å²) in [7, 11) is 0. The second-order valence-corrected chi connectivity index (χ2v) is 9.12. The highest BCUT2D eigenvalue weighted by Crippen LogP contribution is 2.46. The van der Waals surface area contributed by atoms with Crippen LogP contribution in [0, 0.1) is 0 Å². The number of nitrogens with one attached hydrogen (secondary N) is 1. The SMILES string of the molecule is CC(C)n1ncnc1N1CC2=C(CCOc3cc(C4CCNCC4)ccc32)S1. The van der Waals surface area contributed by atoms with E-state index in [1.807, 2.05) is 4.68 Å². The first-order chi connectivity index (χ1) is 13.7. The van der Waals surface area contributed by atoms with Crippen molar-refractivity contribution in [2.75, 3.05) is 30.5 Å². The summed E-state index contributed by atoms with van der Waals surface area (Å²) in [5.41, 5.74) is 4.05. The largest absolute Gasteiger partial charge is 0.493 e. The molecule has 7 heteroatoms. The predicted molar refractivity (Wildman–Crippen MR) is 114 cm³/mol. The summed E-state index contributed by atoms with van der Waals surface area (Å²) in [6.07, 6.45) is 5.02. The molecule has 0 aliphatic carbocycles. The third kappa shape index (κ3) is 3.20. The first-order valence-corrected chi connectivity index (χ1v) is 11.0. The van der Waals surface area contributed by atoms with Crippen LogP contribution >= 0.6 is 11.9 Å². The molecule has 28 heavy (non-hydrogen) atoms. The number of hydrogen-bond donors (Lipinski definition) is 1. The number of rotatable bonds is 3. The monoisotopic (exact) mass is 397 g/mol. The Hall–Kier alpha value is -1.99. The molecule has 1 N–H and O–H groups in total. The summed E-state index contributed by atoms with van der Waals surface area (Å²) >= 11 is 1.79. The fourth-order valence-corrected chi connectivity index (χ4v) is 5.48. The van der Waals surface area contributed by atoms with Gasteiger partial charge in [-0.05, 0) is 74.8 Å². The molecule has 5 rings (SSSR count). The van der Waals surface area contributed by atoms with Crippen molar-refractivity contribution >= 4 is 23.5 Å². The maximum Gasteiger partial charge on any atom is 0.234 e. The normalized spacial score (nSPS) is 20.2. The molecule has 0 spiro atoms. The highest BCUT2D eigenvalue weighted by atomic mass is 32.2. The van der Waals surface area contributed by atoms with Gasteiger partial charge in [0.25, 0.3) is 0 Å². The van der Waals surface area contributed by atoms with E-state index >= 15 is 0 Å². The molecule has 0 amide bonds. The molecule has 1 aromatic carbocycles. The van der Waals surface area contributed by atoms with Crippen molar-refractivity contribution in [1.82, 2.24) is 20.1 Å². The number of aromatic nitrogens is 3. The van der Waals surface area contributed by atoms with Crippen LogP contribution in [-0.4, -0.2) is 41.0 Å². The zero-order valence-corrected chi connectivity index (χ0v) is 17.3. The van der Waals surface area contributed by atoms with Crippen LogP contribution in [0.25, 0.3) is 5.57 Å². The molecule has 1 aromatic heterocycles. The summed E-state index contributed by atoms with van der Waals surface area (Å²) in [6.45, 7) is 8.08. The Labute approximate surface area is 170 Å². The van der Waals surface area contributed by atoms with Crippen molar-refractivity contribution in [2.24, 2.45) is 0 Å². The van der Waals surface area contributed by atoms with Gasteiger partial charge in [-0.15, -0.1) is 0 Å². The van der Waals surface area contributed by atoms with Crippen molar-refractivity contribution in [2.45, 2.75) is 45.1 Å². The lowest BCUT2D eigenvalue weighted by atomic mass is 9.88. The van der Waals surface area contributed by atoms with Gasteiger partial charge in [0.05, 0.1) is 19.2 Å². The number of nitrogens with zero attached hydrogens (tertiary/aromatic N) is 4.